The fraction of sp³-hybridized carbons (Fsp3) is 0.750. The molecule has 1 aromatic rings. The Labute approximate surface area is 92.1 Å². The van der Waals surface area contributed by atoms with E-state index in [2.05, 4.69) is 34.5 Å². The molecule has 2 rings (SSSR count). The van der Waals surface area contributed by atoms with Gasteiger partial charge in [0.2, 0.25) is 0 Å². The maximum atomic E-state index is 4.09. The fourth-order valence-corrected chi connectivity index (χ4v) is 2.41. The maximum absolute atomic E-state index is 4.09. The zero-order valence-electron chi connectivity index (χ0n) is 9.76. The summed E-state index contributed by atoms with van der Waals surface area (Å²) in [5.74, 6) is 0.801. The van der Waals surface area contributed by atoms with Crippen LogP contribution in [0.25, 0.3) is 0 Å². The average Bonchev–Trinajstić information content (AvgIpc) is 2.71. The topological polar surface area (TPSA) is 21.1 Å². The van der Waals surface area contributed by atoms with E-state index in [9.17, 15) is 0 Å². The molecule has 0 amide bonds. The van der Waals surface area contributed by atoms with E-state index in [-0.39, 0.29) is 0 Å². The minimum Gasteiger partial charge on any atom is -0.337 e. The second kappa shape index (κ2) is 4.79. The molecule has 15 heavy (non-hydrogen) atoms. The van der Waals surface area contributed by atoms with Gasteiger partial charge in [-0.3, -0.25) is 0 Å². The highest BCUT2D eigenvalue weighted by Gasteiger charge is 2.21. The molecule has 0 radical (unpaired) electrons. The standard InChI is InChI=1S/C12H21N3/c1-11(2)15-6-3-4-12(9-15)8-14-7-5-13-10-14/h5,7,10-12H,3-4,6,8-9H2,1-2H3/t12-/m1/s1. The Hall–Kier alpha value is -0.830. The van der Waals surface area contributed by atoms with Crippen LogP contribution < -0.4 is 0 Å². The maximum Gasteiger partial charge on any atom is 0.0946 e. The van der Waals surface area contributed by atoms with Crippen LogP contribution in [-0.2, 0) is 6.54 Å². The van der Waals surface area contributed by atoms with Crippen molar-refractivity contribution in [3.8, 4) is 0 Å². The van der Waals surface area contributed by atoms with Crippen LogP contribution in [0.15, 0.2) is 18.7 Å². The predicted octanol–water partition coefficient (Wildman–Crippen LogP) is 2.00. The molecule has 1 atom stereocenters. The van der Waals surface area contributed by atoms with E-state index in [0.29, 0.717) is 6.04 Å². The summed E-state index contributed by atoms with van der Waals surface area (Å²) in [5, 5.41) is 0. The molecule has 0 aromatic carbocycles. The first-order chi connectivity index (χ1) is 7.25. The summed E-state index contributed by atoms with van der Waals surface area (Å²) in [6.07, 6.45) is 8.56. The highest BCUT2D eigenvalue weighted by Crippen LogP contribution is 2.19. The van der Waals surface area contributed by atoms with Crippen molar-refractivity contribution in [1.29, 1.82) is 0 Å². The molecule has 1 fully saturated rings. The average molecular weight is 207 g/mol. The van der Waals surface area contributed by atoms with Gasteiger partial charge in [-0.05, 0) is 39.2 Å². The molecule has 0 bridgehead atoms. The van der Waals surface area contributed by atoms with Crippen molar-refractivity contribution in [2.24, 2.45) is 5.92 Å². The van der Waals surface area contributed by atoms with Crippen molar-refractivity contribution in [3.05, 3.63) is 18.7 Å². The van der Waals surface area contributed by atoms with Crippen LogP contribution >= 0.6 is 0 Å². The summed E-state index contributed by atoms with van der Waals surface area (Å²) in [7, 11) is 0. The van der Waals surface area contributed by atoms with E-state index in [1.807, 2.05) is 12.5 Å². The number of hydrogen-bond acceptors (Lipinski definition) is 2. The molecule has 1 aromatic heterocycles. The zero-order chi connectivity index (χ0) is 10.7. The van der Waals surface area contributed by atoms with Crippen LogP contribution in [-0.4, -0.2) is 33.6 Å². The molecule has 0 saturated carbocycles. The Kier molecular flexibility index (Phi) is 3.41. The predicted molar refractivity (Wildman–Crippen MR) is 61.7 cm³/mol. The van der Waals surface area contributed by atoms with Gasteiger partial charge in [0, 0.05) is 31.5 Å². The van der Waals surface area contributed by atoms with Gasteiger partial charge in [-0.2, -0.15) is 0 Å². The van der Waals surface area contributed by atoms with Crippen LogP contribution in [0.4, 0.5) is 0 Å². The summed E-state index contributed by atoms with van der Waals surface area (Å²) >= 11 is 0. The molecule has 3 heteroatoms. The number of nitrogens with zero attached hydrogens (tertiary/aromatic N) is 3. The second-order valence-electron chi connectivity index (χ2n) is 4.86. The number of rotatable bonds is 3. The molecule has 1 saturated heterocycles. The summed E-state index contributed by atoms with van der Waals surface area (Å²) in [6.45, 7) is 8.23. The van der Waals surface area contributed by atoms with Crippen LogP contribution in [0.3, 0.4) is 0 Å². The lowest BCUT2D eigenvalue weighted by atomic mass is 9.97. The van der Waals surface area contributed by atoms with Crippen LogP contribution in [0.2, 0.25) is 0 Å². The summed E-state index contributed by atoms with van der Waals surface area (Å²) in [6, 6.07) is 0.690. The van der Waals surface area contributed by atoms with Crippen molar-refractivity contribution in [2.45, 2.75) is 39.3 Å². The summed E-state index contributed by atoms with van der Waals surface area (Å²) < 4.78 is 2.20. The third kappa shape index (κ3) is 2.81. The number of hydrogen-bond donors (Lipinski definition) is 0. The van der Waals surface area contributed by atoms with Gasteiger partial charge < -0.3 is 9.47 Å². The zero-order valence-corrected chi connectivity index (χ0v) is 9.76. The number of piperidine rings is 1. The fourth-order valence-electron chi connectivity index (χ4n) is 2.41. The first kappa shape index (κ1) is 10.7. The summed E-state index contributed by atoms with van der Waals surface area (Å²) in [5.41, 5.74) is 0. The molecule has 0 N–H and O–H groups in total. The second-order valence-corrected chi connectivity index (χ2v) is 4.86. The number of imidazole rings is 1. The van der Waals surface area contributed by atoms with Crippen molar-refractivity contribution >= 4 is 0 Å². The monoisotopic (exact) mass is 207 g/mol. The minimum atomic E-state index is 0.690. The van der Waals surface area contributed by atoms with Crippen molar-refractivity contribution in [3.63, 3.8) is 0 Å². The SMILES string of the molecule is CC(C)N1CCC[C@H](Cn2ccnc2)C1. The molecule has 3 nitrogen and oxygen atoms in total. The highest BCUT2D eigenvalue weighted by molar-refractivity contribution is 4.80. The van der Waals surface area contributed by atoms with Crippen molar-refractivity contribution < 1.29 is 0 Å². The minimum absolute atomic E-state index is 0.690. The molecule has 1 aliphatic heterocycles. The summed E-state index contributed by atoms with van der Waals surface area (Å²) in [4.78, 5) is 6.68. The molecule has 1 aliphatic rings. The molecule has 0 unspecified atom stereocenters. The third-order valence-corrected chi connectivity index (χ3v) is 3.31. The van der Waals surface area contributed by atoms with E-state index in [1.165, 1.54) is 25.9 Å². The van der Waals surface area contributed by atoms with Gasteiger partial charge in [-0.1, -0.05) is 0 Å². The van der Waals surface area contributed by atoms with Gasteiger partial charge in [-0.25, -0.2) is 4.98 Å². The van der Waals surface area contributed by atoms with Gasteiger partial charge in [-0.15, -0.1) is 0 Å². The van der Waals surface area contributed by atoms with E-state index < -0.39 is 0 Å². The van der Waals surface area contributed by atoms with E-state index >= 15 is 0 Å². The molecule has 2 heterocycles. The molecular formula is C12H21N3. The van der Waals surface area contributed by atoms with Gasteiger partial charge in [0.1, 0.15) is 0 Å². The van der Waals surface area contributed by atoms with E-state index in [4.69, 9.17) is 0 Å². The Morgan fingerprint density at radius 2 is 2.33 bits per heavy atom. The Balaban J connectivity index is 1.88. The third-order valence-electron chi connectivity index (χ3n) is 3.31. The van der Waals surface area contributed by atoms with Gasteiger partial charge in [0.25, 0.3) is 0 Å². The number of aromatic nitrogens is 2. The van der Waals surface area contributed by atoms with Crippen LogP contribution in [0, 0.1) is 5.92 Å². The van der Waals surface area contributed by atoms with Gasteiger partial charge in [0.05, 0.1) is 6.33 Å². The quantitative estimate of drug-likeness (QED) is 0.756. The van der Waals surface area contributed by atoms with E-state index in [1.54, 1.807) is 0 Å². The van der Waals surface area contributed by atoms with Crippen LogP contribution in [0.5, 0.6) is 0 Å². The molecular weight excluding hydrogens is 186 g/mol. The van der Waals surface area contributed by atoms with Crippen LogP contribution in [0.1, 0.15) is 26.7 Å². The van der Waals surface area contributed by atoms with Crippen molar-refractivity contribution in [1.82, 2.24) is 14.5 Å². The Morgan fingerprint density at radius 1 is 1.47 bits per heavy atom. The smallest absolute Gasteiger partial charge is 0.0946 e. The highest BCUT2D eigenvalue weighted by atomic mass is 15.2. The Morgan fingerprint density at radius 3 is 3.00 bits per heavy atom. The molecule has 84 valence electrons. The lowest BCUT2D eigenvalue weighted by Gasteiger charge is -2.35. The number of likely N-dealkylation sites (tertiary alicyclic amines) is 1. The first-order valence-electron chi connectivity index (χ1n) is 5.95. The normalized spacial score (nSPS) is 23.5. The lowest BCUT2D eigenvalue weighted by Crippen LogP contribution is -2.41. The Bertz CT molecular complexity index is 279. The molecule has 0 spiro atoms. The van der Waals surface area contributed by atoms with Crippen molar-refractivity contribution in [2.75, 3.05) is 13.1 Å². The van der Waals surface area contributed by atoms with E-state index in [0.717, 1.165) is 12.5 Å². The molecule has 0 aliphatic carbocycles. The lowest BCUT2D eigenvalue weighted by molar-refractivity contribution is 0.131. The largest absolute Gasteiger partial charge is 0.337 e. The van der Waals surface area contributed by atoms with Gasteiger partial charge in [0.15, 0.2) is 0 Å². The first-order valence-corrected chi connectivity index (χ1v) is 5.95. The van der Waals surface area contributed by atoms with Gasteiger partial charge >= 0.3 is 0 Å².